The smallest absolute Gasteiger partial charge is 0.257 e. The van der Waals surface area contributed by atoms with Gasteiger partial charge in [-0.2, -0.15) is 0 Å². The third kappa shape index (κ3) is 4.23. The summed E-state index contributed by atoms with van der Waals surface area (Å²) in [6.45, 7) is 11.1. The van der Waals surface area contributed by atoms with Crippen LogP contribution in [0.1, 0.15) is 21.5 Å². The summed E-state index contributed by atoms with van der Waals surface area (Å²) in [5.41, 5.74) is 4.61. The maximum atomic E-state index is 12.5. The molecule has 2 aliphatic rings. The summed E-state index contributed by atoms with van der Waals surface area (Å²) in [5.74, 6) is 0.0293. The van der Waals surface area contributed by atoms with Crippen molar-refractivity contribution >= 4 is 11.6 Å². The number of carbonyl (C=O) groups excluding carboxylic acids is 1. The van der Waals surface area contributed by atoms with Gasteiger partial charge in [-0.1, -0.05) is 6.07 Å². The van der Waals surface area contributed by atoms with Crippen LogP contribution in [0.3, 0.4) is 0 Å². The molecule has 4 rings (SSSR count). The van der Waals surface area contributed by atoms with Crippen LogP contribution in [0.2, 0.25) is 0 Å². The molecule has 1 aromatic heterocycles. The third-order valence-corrected chi connectivity index (χ3v) is 5.88. The molecule has 0 bridgehead atoms. The number of hydrogen-bond donors (Lipinski definition) is 0. The average Bonchev–Trinajstić information content (AvgIpc) is 3.25. The van der Waals surface area contributed by atoms with Gasteiger partial charge in [-0.25, -0.2) is 0 Å². The maximum absolute atomic E-state index is 12.5. The van der Waals surface area contributed by atoms with Crippen molar-refractivity contribution in [1.82, 2.24) is 9.80 Å². The number of nitrogens with zero attached hydrogens (tertiary/aromatic N) is 3. The molecule has 6 nitrogen and oxygen atoms in total. The number of piperazine rings is 1. The van der Waals surface area contributed by atoms with Crippen LogP contribution >= 0.6 is 0 Å². The third-order valence-electron chi connectivity index (χ3n) is 5.88. The van der Waals surface area contributed by atoms with E-state index in [0.29, 0.717) is 25.3 Å². The Hall–Kier alpha value is -2.31. The molecule has 1 unspecified atom stereocenters. The van der Waals surface area contributed by atoms with Crippen LogP contribution < -0.4 is 4.90 Å². The van der Waals surface area contributed by atoms with Crippen molar-refractivity contribution < 1.29 is 13.9 Å². The molecule has 2 aliphatic heterocycles. The summed E-state index contributed by atoms with van der Waals surface area (Å²) >= 11 is 0. The highest BCUT2D eigenvalue weighted by molar-refractivity contribution is 5.93. The molecule has 1 atom stereocenters. The highest BCUT2D eigenvalue weighted by Crippen LogP contribution is 2.21. The molecule has 0 spiro atoms. The van der Waals surface area contributed by atoms with Crippen LogP contribution in [0.15, 0.2) is 41.2 Å². The number of furan rings is 1. The first-order chi connectivity index (χ1) is 13.6. The van der Waals surface area contributed by atoms with Gasteiger partial charge in [0.1, 0.15) is 6.26 Å². The first kappa shape index (κ1) is 19.0. The molecule has 2 fully saturated rings. The molecule has 6 heteroatoms. The number of hydrogen-bond acceptors (Lipinski definition) is 5. The van der Waals surface area contributed by atoms with Gasteiger partial charge in [0, 0.05) is 51.5 Å². The molecule has 3 heterocycles. The molecule has 28 heavy (non-hydrogen) atoms. The van der Waals surface area contributed by atoms with Gasteiger partial charge in [0.15, 0.2) is 0 Å². The summed E-state index contributed by atoms with van der Waals surface area (Å²) in [5, 5.41) is 0. The fourth-order valence-electron chi connectivity index (χ4n) is 3.98. The number of aryl methyl sites for hydroxylation is 2. The van der Waals surface area contributed by atoms with Crippen LogP contribution in [-0.2, 0) is 4.74 Å². The largest absolute Gasteiger partial charge is 0.472 e. The minimum atomic E-state index is 0.0293. The van der Waals surface area contributed by atoms with Crippen molar-refractivity contribution in [2.24, 2.45) is 0 Å². The molecule has 0 N–H and O–H groups in total. The zero-order valence-corrected chi connectivity index (χ0v) is 16.8. The van der Waals surface area contributed by atoms with E-state index in [2.05, 4.69) is 41.8 Å². The Labute approximate surface area is 166 Å². The van der Waals surface area contributed by atoms with Crippen LogP contribution in [0.4, 0.5) is 5.69 Å². The molecule has 0 radical (unpaired) electrons. The summed E-state index contributed by atoms with van der Waals surface area (Å²) in [6.07, 6.45) is 3.12. The van der Waals surface area contributed by atoms with E-state index in [4.69, 9.17) is 9.15 Å². The average molecular weight is 383 g/mol. The first-order valence-electron chi connectivity index (χ1n) is 10.1. The van der Waals surface area contributed by atoms with Gasteiger partial charge in [-0.05, 0) is 43.2 Å². The minimum absolute atomic E-state index is 0.0293. The lowest BCUT2D eigenvalue weighted by Crippen LogP contribution is -2.53. The van der Waals surface area contributed by atoms with Crippen molar-refractivity contribution in [3.05, 3.63) is 53.5 Å². The van der Waals surface area contributed by atoms with Crippen molar-refractivity contribution in [1.29, 1.82) is 0 Å². The van der Waals surface area contributed by atoms with Crippen molar-refractivity contribution in [3.63, 3.8) is 0 Å². The van der Waals surface area contributed by atoms with E-state index in [0.717, 1.165) is 32.7 Å². The van der Waals surface area contributed by atoms with Gasteiger partial charge in [0.05, 0.1) is 24.5 Å². The van der Waals surface area contributed by atoms with Crippen LogP contribution in [0, 0.1) is 13.8 Å². The lowest BCUT2D eigenvalue weighted by Gasteiger charge is -2.40. The number of anilines is 1. The quantitative estimate of drug-likeness (QED) is 0.812. The Morgan fingerprint density at radius 1 is 1.07 bits per heavy atom. The van der Waals surface area contributed by atoms with Gasteiger partial charge >= 0.3 is 0 Å². The first-order valence-corrected chi connectivity index (χ1v) is 10.1. The van der Waals surface area contributed by atoms with E-state index in [9.17, 15) is 4.79 Å². The second-order valence-corrected chi connectivity index (χ2v) is 7.81. The molecular formula is C22H29N3O3. The Morgan fingerprint density at radius 2 is 1.89 bits per heavy atom. The van der Waals surface area contributed by atoms with Crippen LogP contribution in [0.25, 0.3) is 0 Å². The SMILES string of the molecule is Cc1ccc(N2CCN(CC3CN(C(=O)c4ccoc4)CCO3)CC2)cc1C. The Bertz CT molecular complexity index is 797. The van der Waals surface area contributed by atoms with E-state index >= 15 is 0 Å². The van der Waals surface area contributed by atoms with Crippen molar-refractivity contribution in [3.8, 4) is 0 Å². The predicted octanol–water partition coefficient (Wildman–Crippen LogP) is 2.56. The highest BCUT2D eigenvalue weighted by atomic mass is 16.5. The molecular weight excluding hydrogens is 354 g/mol. The monoisotopic (exact) mass is 383 g/mol. The second kappa shape index (κ2) is 8.37. The summed E-state index contributed by atoms with van der Waals surface area (Å²) in [6, 6.07) is 8.44. The van der Waals surface area contributed by atoms with Crippen molar-refractivity contribution in [2.75, 3.05) is 57.3 Å². The molecule has 2 aromatic rings. The Kier molecular flexibility index (Phi) is 5.69. The zero-order chi connectivity index (χ0) is 19.5. The van der Waals surface area contributed by atoms with E-state index in [-0.39, 0.29) is 12.0 Å². The molecule has 150 valence electrons. The number of amides is 1. The highest BCUT2D eigenvalue weighted by Gasteiger charge is 2.28. The van der Waals surface area contributed by atoms with Gasteiger partial charge in [0.2, 0.25) is 0 Å². The van der Waals surface area contributed by atoms with Crippen molar-refractivity contribution in [2.45, 2.75) is 20.0 Å². The second-order valence-electron chi connectivity index (χ2n) is 7.81. The maximum Gasteiger partial charge on any atom is 0.257 e. The topological polar surface area (TPSA) is 49.2 Å². The van der Waals surface area contributed by atoms with Gasteiger partial charge in [-0.15, -0.1) is 0 Å². The Balaban J connectivity index is 1.28. The number of ether oxygens (including phenoxy) is 1. The van der Waals surface area contributed by atoms with E-state index in [1.165, 1.54) is 23.1 Å². The fourth-order valence-corrected chi connectivity index (χ4v) is 3.98. The number of benzene rings is 1. The number of morpholine rings is 1. The minimum Gasteiger partial charge on any atom is -0.472 e. The van der Waals surface area contributed by atoms with Crippen LogP contribution in [0.5, 0.6) is 0 Å². The molecule has 1 amide bonds. The lowest BCUT2D eigenvalue weighted by molar-refractivity contribution is -0.0363. The molecule has 0 aliphatic carbocycles. The van der Waals surface area contributed by atoms with E-state index in [1.807, 2.05) is 4.90 Å². The van der Waals surface area contributed by atoms with E-state index < -0.39 is 0 Å². The summed E-state index contributed by atoms with van der Waals surface area (Å²) < 4.78 is 11.0. The summed E-state index contributed by atoms with van der Waals surface area (Å²) in [4.78, 5) is 19.3. The normalized spacial score (nSPS) is 21.1. The summed E-state index contributed by atoms with van der Waals surface area (Å²) in [7, 11) is 0. The molecule has 0 saturated carbocycles. The number of rotatable bonds is 4. The lowest BCUT2D eigenvalue weighted by atomic mass is 10.1. The van der Waals surface area contributed by atoms with Gasteiger partial charge in [0.25, 0.3) is 5.91 Å². The van der Waals surface area contributed by atoms with E-state index in [1.54, 1.807) is 12.3 Å². The standard InChI is InChI=1S/C22H29N3O3/c1-17-3-4-20(13-18(17)2)24-8-6-23(7-9-24)14-21-15-25(10-12-28-21)22(26)19-5-11-27-16-19/h3-5,11,13,16,21H,6-10,12,14-15H2,1-2H3. The molecule has 2 saturated heterocycles. The Morgan fingerprint density at radius 3 is 2.61 bits per heavy atom. The predicted molar refractivity (Wildman–Crippen MR) is 109 cm³/mol. The zero-order valence-electron chi connectivity index (χ0n) is 16.8. The van der Waals surface area contributed by atoms with Gasteiger partial charge < -0.3 is 19.0 Å². The number of carbonyl (C=O) groups is 1. The molecule has 1 aromatic carbocycles. The van der Waals surface area contributed by atoms with Crippen LogP contribution in [-0.4, -0.2) is 74.2 Å². The fraction of sp³-hybridized carbons (Fsp3) is 0.500. The van der Waals surface area contributed by atoms with Gasteiger partial charge in [-0.3, -0.25) is 9.69 Å².